The van der Waals surface area contributed by atoms with Gasteiger partial charge in [-0.05, 0) is 42.0 Å². The number of benzene rings is 3. The predicted octanol–water partition coefficient (Wildman–Crippen LogP) is 4.06. The van der Waals surface area contributed by atoms with Gasteiger partial charge < -0.3 is 40.6 Å². The molecule has 0 saturated heterocycles. The van der Waals surface area contributed by atoms with Crippen LogP contribution in [0.15, 0.2) is 54.6 Å². The smallest absolute Gasteiger partial charge is 0.159 e. The van der Waals surface area contributed by atoms with E-state index in [1.54, 1.807) is 6.07 Å². The maximum Gasteiger partial charge on any atom is 0.159 e. The lowest BCUT2D eigenvalue weighted by atomic mass is 9.92. The molecule has 8 N–H and O–H groups in total. The number of fused-ring (bicyclic) bond motifs is 2. The van der Waals surface area contributed by atoms with E-state index in [2.05, 4.69) is 9.97 Å². The first-order chi connectivity index (χ1) is 14.8. The number of aromatic nitrogens is 2. The van der Waals surface area contributed by atoms with Crippen molar-refractivity contribution in [1.29, 1.82) is 0 Å². The third kappa shape index (κ3) is 3.01. The van der Waals surface area contributed by atoms with Gasteiger partial charge in [0.05, 0.1) is 5.92 Å². The maximum atomic E-state index is 10.1. The second kappa shape index (κ2) is 6.53. The Labute approximate surface area is 174 Å². The van der Waals surface area contributed by atoms with E-state index in [1.165, 1.54) is 36.4 Å². The Morgan fingerprint density at radius 3 is 1.42 bits per heavy atom. The number of phenols is 6. The molecule has 0 saturated carbocycles. The minimum atomic E-state index is -0.472. The molecule has 0 aliphatic carbocycles. The van der Waals surface area contributed by atoms with Crippen LogP contribution in [0.1, 0.15) is 22.9 Å². The van der Waals surface area contributed by atoms with Gasteiger partial charge in [-0.1, -0.05) is 6.07 Å². The number of H-pyrrole nitrogens is 2. The molecule has 8 heteroatoms. The van der Waals surface area contributed by atoms with Crippen LogP contribution in [0.4, 0.5) is 0 Å². The van der Waals surface area contributed by atoms with Gasteiger partial charge in [0.2, 0.25) is 0 Å². The minimum Gasteiger partial charge on any atom is -0.504 e. The third-order valence-corrected chi connectivity index (χ3v) is 5.43. The Morgan fingerprint density at radius 2 is 0.935 bits per heavy atom. The summed E-state index contributed by atoms with van der Waals surface area (Å²) in [6.07, 6.45) is 0. The molecule has 2 aromatic heterocycles. The second-order valence-corrected chi connectivity index (χ2v) is 7.49. The first-order valence-corrected chi connectivity index (χ1v) is 9.41. The van der Waals surface area contributed by atoms with E-state index < -0.39 is 5.92 Å². The summed E-state index contributed by atoms with van der Waals surface area (Å²) in [5.41, 5.74) is 3.22. The van der Waals surface area contributed by atoms with Crippen LogP contribution in [0.5, 0.6) is 34.5 Å². The van der Waals surface area contributed by atoms with E-state index in [9.17, 15) is 30.6 Å². The van der Waals surface area contributed by atoms with Crippen LogP contribution in [0.25, 0.3) is 21.8 Å². The highest BCUT2D eigenvalue weighted by Crippen LogP contribution is 2.40. The van der Waals surface area contributed by atoms with E-state index in [-0.39, 0.29) is 34.5 Å². The Hall–Kier alpha value is -4.46. The highest BCUT2D eigenvalue weighted by Gasteiger charge is 2.23. The zero-order valence-corrected chi connectivity index (χ0v) is 16.0. The number of hydrogen-bond donors (Lipinski definition) is 8. The molecule has 2 heterocycles. The summed E-state index contributed by atoms with van der Waals surface area (Å²) < 4.78 is 0. The van der Waals surface area contributed by atoms with Gasteiger partial charge in [-0.3, -0.25) is 0 Å². The zero-order chi connectivity index (χ0) is 21.9. The fourth-order valence-corrected chi connectivity index (χ4v) is 3.92. The SMILES string of the molecule is Oc1ccc(C(c2cc3cc(O)c(O)cc3[nH]2)c2cc3cc(O)c(O)cc3[nH]2)cc1O. The Bertz CT molecular complexity index is 1300. The third-order valence-electron chi connectivity index (χ3n) is 5.43. The number of nitrogens with one attached hydrogen (secondary N) is 2. The highest BCUT2D eigenvalue weighted by molar-refractivity contribution is 5.86. The van der Waals surface area contributed by atoms with E-state index in [0.717, 1.165) is 0 Å². The van der Waals surface area contributed by atoms with Crippen LogP contribution in [0.2, 0.25) is 0 Å². The van der Waals surface area contributed by atoms with Crippen molar-refractivity contribution in [2.24, 2.45) is 0 Å². The van der Waals surface area contributed by atoms with Gasteiger partial charge in [-0.25, -0.2) is 0 Å². The maximum absolute atomic E-state index is 10.1. The van der Waals surface area contributed by atoms with Crippen LogP contribution in [-0.2, 0) is 0 Å². The van der Waals surface area contributed by atoms with Gasteiger partial charge in [-0.2, -0.15) is 0 Å². The van der Waals surface area contributed by atoms with Gasteiger partial charge in [-0.15, -0.1) is 0 Å². The lowest BCUT2D eigenvalue weighted by molar-refractivity contribution is 0.403. The molecule has 0 spiro atoms. The fourth-order valence-electron chi connectivity index (χ4n) is 3.92. The molecule has 0 amide bonds. The fraction of sp³-hybridized carbons (Fsp3) is 0.0435. The molecule has 0 bridgehead atoms. The zero-order valence-electron chi connectivity index (χ0n) is 16.0. The molecule has 0 aliphatic rings. The van der Waals surface area contributed by atoms with Gasteiger partial charge in [0.25, 0.3) is 0 Å². The summed E-state index contributed by atoms with van der Waals surface area (Å²) in [7, 11) is 0. The van der Waals surface area contributed by atoms with E-state index in [4.69, 9.17) is 0 Å². The minimum absolute atomic E-state index is 0.242. The number of aromatic hydroxyl groups is 6. The van der Waals surface area contributed by atoms with Crippen molar-refractivity contribution in [3.05, 3.63) is 71.5 Å². The lowest BCUT2D eigenvalue weighted by Gasteiger charge is -2.16. The summed E-state index contributed by atoms with van der Waals surface area (Å²) >= 11 is 0. The molecular weight excluding hydrogens is 400 g/mol. The van der Waals surface area contributed by atoms with Crippen molar-refractivity contribution >= 4 is 21.8 Å². The van der Waals surface area contributed by atoms with Crippen LogP contribution in [-0.4, -0.2) is 40.6 Å². The molecule has 8 nitrogen and oxygen atoms in total. The Kier molecular flexibility index (Phi) is 3.91. The summed E-state index contributed by atoms with van der Waals surface area (Å²) in [6, 6.07) is 13.8. The summed E-state index contributed by atoms with van der Waals surface area (Å²) in [6.45, 7) is 0. The van der Waals surface area contributed by atoms with Crippen molar-refractivity contribution in [3.63, 3.8) is 0 Å². The largest absolute Gasteiger partial charge is 0.504 e. The van der Waals surface area contributed by atoms with E-state index >= 15 is 0 Å². The van der Waals surface area contributed by atoms with E-state index in [1.807, 2.05) is 12.1 Å². The van der Waals surface area contributed by atoms with Gasteiger partial charge >= 0.3 is 0 Å². The van der Waals surface area contributed by atoms with Crippen molar-refractivity contribution in [2.75, 3.05) is 0 Å². The van der Waals surface area contributed by atoms with Gasteiger partial charge in [0.1, 0.15) is 0 Å². The molecule has 0 aliphatic heterocycles. The van der Waals surface area contributed by atoms with Crippen molar-refractivity contribution < 1.29 is 30.6 Å². The Morgan fingerprint density at radius 1 is 0.484 bits per heavy atom. The topological polar surface area (TPSA) is 153 Å². The van der Waals surface area contributed by atoms with Crippen molar-refractivity contribution in [2.45, 2.75) is 5.92 Å². The van der Waals surface area contributed by atoms with Crippen LogP contribution in [0, 0.1) is 0 Å². The van der Waals surface area contributed by atoms with Crippen LogP contribution >= 0.6 is 0 Å². The standard InChI is InChI=1S/C23H18N2O6/c26-17-2-1-10(5-18(17)27)23(15-3-11-6-19(28)21(30)8-13(11)24-15)16-4-12-7-20(29)22(31)9-14(12)25-16/h1-9,23-31H. The first kappa shape index (κ1) is 18.6. The molecule has 0 unspecified atom stereocenters. The van der Waals surface area contributed by atoms with Gasteiger partial charge in [0.15, 0.2) is 34.5 Å². The Balaban J connectivity index is 1.74. The number of rotatable bonds is 3. The second-order valence-electron chi connectivity index (χ2n) is 7.49. The lowest BCUT2D eigenvalue weighted by Crippen LogP contribution is -2.04. The highest BCUT2D eigenvalue weighted by atomic mass is 16.3. The molecule has 5 aromatic rings. The summed E-state index contributed by atoms with van der Waals surface area (Å²) in [4.78, 5) is 6.46. The number of hydrogen-bond acceptors (Lipinski definition) is 6. The summed E-state index contributed by atoms with van der Waals surface area (Å²) in [5.74, 6) is -1.99. The van der Waals surface area contributed by atoms with E-state index in [0.29, 0.717) is 38.8 Å². The first-order valence-electron chi connectivity index (χ1n) is 9.41. The quantitative estimate of drug-likeness (QED) is 0.207. The predicted molar refractivity (Wildman–Crippen MR) is 114 cm³/mol. The molecule has 156 valence electrons. The molecule has 31 heavy (non-hydrogen) atoms. The molecule has 3 aromatic carbocycles. The number of aromatic amines is 2. The van der Waals surface area contributed by atoms with Crippen LogP contribution in [0.3, 0.4) is 0 Å². The monoisotopic (exact) mass is 418 g/mol. The van der Waals surface area contributed by atoms with Crippen molar-refractivity contribution in [1.82, 2.24) is 9.97 Å². The number of phenolic OH excluding ortho intramolecular Hbond substituents is 6. The van der Waals surface area contributed by atoms with Crippen molar-refractivity contribution in [3.8, 4) is 34.5 Å². The molecule has 5 rings (SSSR count). The normalized spacial score (nSPS) is 11.6. The molecule has 0 fully saturated rings. The summed E-state index contributed by atoms with van der Waals surface area (Å²) in [5, 5.41) is 60.5. The molecule has 0 radical (unpaired) electrons. The average Bonchev–Trinajstić information content (AvgIpc) is 3.29. The van der Waals surface area contributed by atoms with Crippen LogP contribution < -0.4 is 0 Å². The average molecular weight is 418 g/mol. The molecular formula is C23H18N2O6. The van der Waals surface area contributed by atoms with Gasteiger partial charge in [0, 0.05) is 45.3 Å². The molecule has 0 atom stereocenters.